The van der Waals surface area contributed by atoms with E-state index in [1.165, 1.54) is 67.1 Å². The number of carbonyl (C=O) groups excluding carboxylic acids is 2. The van der Waals surface area contributed by atoms with E-state index in [-0.39, 0.29) is 17.5 Å². The summed E-state index contributed by atoms with van der Waals surface area (Å²) in [6.45, 7) is 2.07. The molecule has 158 valence electrons. The van der Waals surface area contributed by atoms with Crippen LogP contribution in [0.3, 0.4) is 0 Å². The quantitative estimate of drug-likeness (QED) is 0.638. The molecular weight excluding hydrogens is 401 g/mol. The van der Waals surface area contributed by atoms with E-state index >= 15 is 0 Å². The van der Waals surface area contributed by atoms with Crippen molar-refractivity contribution in [1.29, 1.82) is 0 Å². The Morgan fingerprint density at radius 2 is 2.13 bits per heavy atom. The molecule has 2 fully saturated rings. The van der Waals surface area contributed by atoms with E-state index in [0.29, 0.717) is 17.4 Å². The largest absolute Gasteiger partial charge is 0.353 e. The smallest absolute Gasteiger partial charge is 0.244 e. The summed E-state index contributed by atoms with van der Waals surface area (Å²) in [6, 6.07) is 6.09. The minimum Gasteiger partial charge on any atom is -0.353 e. The second kappa shape index (κ2) is 9.08. The van der Waals surface area contributed by atoms with Crippen LogP contribution in [0.1, 0.15) is 44.7 Å². The maximum Gasteiger partial charge on any atom is 0.244 e. The minimum absolute atomic E-state index is 0.148. The molecule has 2 amide bonds. The molecule has 0 radical (unpaired) electrons. The maximum atomic E-state index is 14.1. The number of thiazole rings is 1. The fourth-order valence-electron chi connectivity index (χ4n) is 4.83. The molecule has 30 heavy (non-hydrogen) atoms. The van der Waals surface area contributed by atoms with Crippen LogP contribution in [0.4, 0.5) is 15.2 Å². The third-order valence-corrected chi connectivity index (χ3v) is 7.06. The van der Waals surface area contributed by atoms with E-state index in [4.69, 9.17) is 0 Å². The SMILES string of the molecule is CC(=O)N(c1nc(/C=C/C(=O)NCCC2CC3CCC2C3)cs1)c1ccccc1F. The molecule has 4 rings (SSSR count). The van der Waals surface area contributed by atoms with Crippen molar-refractivity contribution < 1.29 is 14.0 Å². The van der Waals surface area contributed by atoms with Gasteiger partial charge < -0.3 is 5.32 Å². The zero-order valence-electron chi connectivity index (χ0n) is 17.0. The number of nitrogens with one attached hydrogen (secondary N) is 1. The van der Waals surface area contributed by atoms with Crippen molar-refractivity contribution in [3.63, 3.8) is 0 Å². The van der Waals surface area contributed by atoms with E-state index in [1.54, 1.807) is 23.6 Å². The van der Waals surface area contributed by atoms with Gasteiger partial charge in [0.15, 0.2) is 5.13 Å². The molecule has 5 nitrogen and oxygen atoms in total. The summed E-state index contributed by atoms with van der Waals surface area (Å²) in [5, 5.41) is 5.06. The number of fused-ring (bicyclic) bond motifs is 2. The first-order valence-electron chi connectivity index (χ1n) is 10.5. The summed E-state index contributed by atoms with van der Waals surface area (Å²) in [5.74, 6) is 1.59. The monoisotopic (exact) mass is 427 g/mol. The van der Waals surface area contributed by atoms with Gasteiger partial charge in [0.25, 0.3) is 0 Å². The number of halogens is 1. The van der Waals surface area contributed by atoms with Crippen molar-refractivity contribution in [3.8, 4) is 0 Å². The molecule has 0 spiro atoms. The topological polar surface area (TPSA) is 62.3 Å². The molecule has 1 heterocycles. The Hall–Kier alpha value is -2.54. The molecule has 0 aliphatic heterocycles. The molecule has 3 atom stereocenters. The average molecular weight is 428 g/mol. The zero-order chi connectivity index (χ0) is 21.1. The van der Waals surface area contributed by atoms with Gasteiger partial charge in [0.1, 0.15) is 5.82 Å². The minimum atomic E-state index is -0.491. The van der Waals surface area contributed by atoms with Gasteiger partial charge in [0.05, 0.1) is 11.4 Å². The standard InChI is InChI=1S/C23H26FN3O2S/c1-15(28)27(21-5-3-2-4-20(21)24)23-26-19(14-30-23)8-9-22(29)25-11-10-18-13-16-6-7-17(18)12-16/h2-5,8-9,14,16-18H,6-7,10-13H2,1H3,(H,25,29)/b9-8+. The number of amides is 2. The Labute approximate surface area is 180 Å². The van der Waals surface area contributed by atoms with Crippen molar-refractivity contribution >= 4 is 40.0 Å². The first-order chi connectivity index (χ1) is 14.5. The molecule has 2 aliphatic carbocycles. The third kappa shape index (κ3) is 4.61. The van der Waals surface area contributed by atoms with Gasteiger partial charge in [-0.25, -0.2) is 9.37 Å². The highest BCUT2D eigenvalue weighted by Crippen LogP contribution is 2.49. The Morgan fingerprint density at radius 3 is 2.83 bits per heavy atom. The summed E-state index contributed by atoms with van der Waals surface area (Å²) in [5.41, 5.74) is 0.717. The highest BCUT2D eigenvalue weighted by molar-refractivity contribution is 7.14. The Kier molecular flexibility index (Phi) is 6.27. The number of para-hydroxylation sites is 1. The number of carbonyl (C=O) groups is 2. The molecule has 7 heteroatoms. The van der Waals surface area contributed by atoms with Crippen molar-refractivity contribution in [2.24, 2.45) is 17.8 Å². The van der Waals surface area contributed by atoms with Crippen molar-refractivity contribution in [2.45, 2.75) is 39.0 Å². The number of hydrogen-bond acceptors (Lipinski definition) is 4. The van der Waals surface area contributed by atoms with E-state index in [9.17, 15) is 14.0 Å². The van der Waals surface area contributed by atoms with Crippen LogP contribution in [0.15, 0.2) is 35.7 Å². The van der Waals surface area contributed by atoms with Crippen LogP contribution in [0.2, 0.25) is 0 Å². The summed E-state index contributed by atoms with van der Waals surface area (Å²) < 4.78 is 14.1. The van der Waals surface area contributed by atoms with Crippen molar-refractivity contribution in [3.05, 3.63) is 47.2 Å². The van der Waals surface area contributed by atoms with Crippen LogP contribution in [-0.2, 0) is 9.59 Å². The Balaban J connectivity index is 1.33. The number of benzene rings is 1. The van der Waals surface area contributed by atoms with Crippen LogP contribution >= 0.6 is 11.3 Å². The highest BCUT2D eigenvalue weighted by atomic mass is 32.1. The van der Waals surface area contributed by atoms with Crippen LogP contribution in [0.5, 0.6) is 0 Å². The fraction of sp³-hybridized carbons (Fsp3) is 0.435. The Bertz CT molecular complexity index is 957. The second-order valence-corrected chi connectivity index (χ2v) is 9.05. The van der Waals surface area contributed by atoms with Gasteiger partial charge in [-0.2, -0.15) is 0 Å². The molecule has 3 unspecified atom stereocenters. The highest BCUT2D eigenvalue weighted by Gasteiger charge is 2.38. The molecule has 0 saturated heterocycles. The van der Waals surface area contributed by atoms with Crippen molar-refractivity contribution in [1.82, 2.24) is 10.3 Å². The molecule has 1 aromatic carbocycles. The van der Waals surface area contributed by atoms with Gasteiger partial charge in [-0.1, -0.05) is 18.6 Å². The van der Waals surface area contributed by atoms with Crippen molar-refractivity contribution in [2.75, 3.05) is 11.4 Å². The molecule has 1 N–H and O–H groups in total. The molecule has 1 aromatic heterocycles. The van der Waals surface area contributed by atoms with Crippen LogP contribution in [-0.4, -0.2) is 23.3 Å². The molecular formula is C23H26FN3O2S. The summed E-state index contributed by atoms with van der Waals surface area (Å²) in [4.78, 5) is 29.8. The van der Waals surface area contributed by atoms with E-state index < -0.39 is 5.82 Å². The van der Waals surface area contributed by atoms with Gasteiger partial charge in [-0.3, -0.25) is 14.5 Å². The van der Waals surface area contributed by atoms with Gasteiger partial charge in [0, 0.05) is 24.9 Å². The third-order valence-electron chi connectivity index (χ3n) is 6.21. The fourth-order valence-corrected chi connectivity index (χ4v) is 5.67. The molecule has 2 aliphatic rings. The zero-order valence-corrected chi connectivity index (χ0v) is 17.8. The summed E-state index contributed by atoms with van der Waals surface area (Å²) in [7, 11) is 0. The van der Waals surface area contributed by atoms with E-state index in [2.05, 4.69) is 10.3 Å². The second-order valence-electron chi connectivity index (χ2n) is 8.21. The lowest BCUT2D eigenvalue weighted by atomic mass is 9.86. The lowest BCUT2D eigenvalue weighted by molar-refractivity contribution is -0.117. The van der Waals surface area contributed by atoms with E-state index in [0.717, 1.165) is 24.2 Å². The number of nitrogens with zero attached hydrogens (tertiary/aromatic N) is 2. The first kappa shape index (κ1) is 20.7. The lowest BCUT2D eigenvalue weighted by Gasteiger charge is -2.21. The number of rotatable bonds is 7. The van der Waals surface area contributed by atoms with Crippen LogP contribution < -0.4 is 10.2 Å². The Morgan fingerprint density at radius 1 is 1.30 bits per heavy atom. The maximum absolute atomic E-state index is 14.1. The van der Waals surface area contributed by atoms with E-state index in [1.807, 2.05) is 0 Å². The van der Waals surface area contributed by atoms with Gasteiger partial charge in [0.2, 0.25) is 11.8 Å². The lowest BCUT2D eigenvalue weighted by Crippen LogP contribution is -2.25. The van der Waals surface area contributed by atoms with Crippen LogP contribution in [0.25, 0.3) is 6.08 Å². The van der Waals surface area contributed by atoms with Gasteiger partial charge in [-0.15, -0.1) is 11.3 Å². The number of aromatic nitrogens is 1. The molecule has 2 aromatic rings. The normalized spacial score (nSPS) is 22.5. The number of hydrogen-bond donors (Lipinski definition) is 1. The molecule has 2 saturated carbocycles. The summed E-state index contributed by atoms with van der Waals surface area (Å²) >= 11 is 1.23. The first-order valence-corrected chi connectivity index (χ1v) is 11.4. The number of anilines is 2. The molecule has 2 bridgehead atoms. The predicted octanol–water partition coefficient (Wildman–Crippen LogP) is 4.92. The van der Waals surface area contributed by atoms with Crippen LogP contribution in [0, 0.1) is 23.6 Å². The average Bonchev–Trinajstić information content (AvgIpc) is 3.45. The predicted molar refractivity (Wildman–Crippen MR) is 117 cm³/mol. The van der Waals surface area contributed by atoms with Gasteiger partial charge in [-0.05, 0) is 61.6 Å². The summed E-state index contributed by atoms with van der Waals surface area (Å²) in [6.07, 6.45) is 9.59. The van der Waals surface area contributed by atoms with Gasteiger partial charge >= 0.3 is 0 Å².